The van der Waals surface area contributed by atoms with E-state index in [0.29, 0.717) is 22.9 Å². The standard InChI is InChI=1S/C16H20N2O3/c1-9(2)14-10(3)17-15(18-16(14)19)11-6-12(20-4)8-13(7-11)21-5/h6-9H,1-5H3,(H,17,18,19). The number of hydrogen-bond donors (Lipinski definition) is 1. The van der Waals surface area contributed by atoms with Crippen molar-refractivity contribution in [1.82, 2.24) is 9.97 Å². The number of nitrogens with one attached hydrogen (secondary N) is 1. The first-order valence-corrected chi connectivity index (χ1v) is 6.80. The maximum Gasteiger partial charge on any atom is 0.254 e. The first kappa shape index (κ1) is 15.1. The average molecular weight is 288 g/mol. The Morgan fingerprint density at radius 2 is 1.67 bits per heavy atom. The Labute approximate surface area is 124 Å². The molecule has 1 heterocycles. The Hall–Kier alpha value is -2.30. The quantitative estimate of drug-likeness (QED) is 0.939. The summed E-state index contributed by atoms with van der Waals surface area (Å²) in [5.41, 5.74) is 2.11. The molecule has 1 aromatic heterocycles. The minimum atomic E-state index is -0.103. The van der Waals surface area contributed by atoms with Crippen molar-refractivity contribution in [3.8, 4) is 22.9 Å². The van der Waals surface area contributed by atoms with Crippen LogP contribution < -0.4 is 15.0 Å². The van der Waals surface area contributed by atoms with Crippen LogP contribution in [0.5, 0.6) is 11.5 Å². The van der Waals surface area contributed by atoms with Crippen molar-refractivity contribution in [2.24, 2.45) is 0 Å². The molecule has 21 heavy (non-hydrogen) atoms. The minimum absolute atomic E-state index is 0.103. The smallest absolute Gasteiger partial charge is 0.254 e. The number of aromatic amines is 1. The molecule has 0 radical (unpaired) electrons. The SMILES string of the molecule is COc1cc(OC)cc(-c2nc(C)c(C(C)C)c(=O)[nH]2)c1. The van der Waals surface area contributed by atoms with Crippen LogP contribution in [0.25, 0.3) is 11.4 Å². The van der Waals surface area contributed by atoms with Gasteiger partial charge in [-0.1, -0.05) is 13.8 Å². The molecule has 0 saturated heterocycles. The van der Waals surface area contributed by atoms with E-state index < -0.39 is 0 Å². The van der Waals surface area contributed by atoms with Crippen LogP contribution in [0.1, 0.15) is 31.0 Å². The Balaban J connectivity index is 2.60. The second-order valence-corrected chi connectivity index (χ2v) is 5.17. The normalized spacial score (nSPS) is 10.8. The van der Waals surface area contributed by atoms with Gasteiger partial charge in [0.15, 0.2) is 0 Å². The Morgan fingerprint density at radius 1 is 1.10 bits per heavy atom. The first-order chi connectivity index (χ1) is 9.96. The molecule has 0 amide bonds. The van der Waals surface area contributed by atoms with E-state index in [0.717, 1.165) is 11.3 Å². The lowest BCUT2D eigenvalue weighted by Gasteiger charge is -2.11. The third kappa shape index (κ3) is 3.07. The van der Waals surface area contributed by atoms with E-state index in [-0.39, 0.29) is 11.5 Å². The second kappa shape index (κ2) is 5.99. The fourth-order valence-electron chi connectivity index (χ4n) is 2.36. The third-order valence-corrected chi connectivity index (χ3v) is 3.35. The summed E-state index contributed by atoms with van der Waals surface area (Å²) in [5.74, 6) is 1.95. The molecule has 0 aliphatic heterocycles. The highest BCUT2D eigenvalue weighted by Crippen LogP contribution is 2.28. The van der Waals surface area contributed by atoms with Crippen molar-refractivity contribution in [1.29, 1.82) is 0 Å². The van der Waals surface area contributed by atoms with Crippen molar-refractivity contribution in [2.45, 2.75) is 26.7 Å². The first-order valence-electron chi connectivity index (χ1n) is 6.80. The van der Waals surface area contributed by atoms with Gasteiger partial charge in [-0.2, -0.15) is 0 Å². The van der Waals surface area contributed by atoms with Gasteiger partial charge in [0.25, 0.3) is 5.56 Å². The van der Waals surface area contributed by atoms with E-state index in [1.807, 2.05) is 32.9 Å². The number of ether oxygens (including phenoxy) is 2. The zero-order chi connectivity index (χ0) is 15.6. The molecule has 5 nitrogen and oxygen atoms in total. The molecule has 1 aromatic carbocycles. The second-order valence-electron chi connectivity index (χ2n) is 5.17. The van der Waals surface area contributed by atoms with Crippen LogP contribution in [0, 0.1) is 6.92 Å². The predicted octanol–water partition coefficient (Wildman–Crippen LogP) is 2.89. The highest BCUT2D eigenvalue weighted by atomic mass is 16.5. The van der Waals surface area contributed by atoms with Crippen LogP contribution in [0.4, 0.5) is 0 Å². The number of nitrogens with zero attached hydrogens (tertiary/aromatic N) is 1. The van der Waals surface area contributed by atoms with Gasteiger partial charge in [-0.3, -0.25) is 4.79 Å². The van der Waals surface area contributed by atoms with Gasteiger partial charge < -0.3 is 14.5 Å². The summed E-state index contributed by atoms with van der Waals surface area (Å²) in [6, 6.07) is 5.40. The minimum Gasteiger partial charge on any atom is -0.497 e. The zero-order valence-electron chi connectivity index (χ0n) is 13.0. The fraction of sp³-hybridized carbons (Fsp3) is 0.375. The molecule has 0 aliphatic carbocycles. The number of methoxy groups -OCH3 is 2. The molecule has 1 N–H and O–H groups in total. The van der Waals surface area contributed by atoms with Crippen LogP contribution in [-0.2, 0) is 0 Å². The monoisotopic (exact) mass is 288 g/mol. The van der Waals surface area contributed by atoms with E-state index in [4.69, 9.17) is 9.47 Å². The van der Waals surface area contributed by atoms with Gasteiger partial charge in [-0.15, -0.1) is 0 Å². The van der Waals surface area contributed by atoms with Crippen LogP contribution in [-0.4, -0.2) is 24.2 Å². The number of hydrogen-bond acceptors (Lipinski definition) is 4. The molecule has 0 fully saturated rings. The Morgan fingerprint density at radius 3 is 2.10 bits per heavy atom. The van der Waals surface area contributed by atoms with Crippen molar-refractivity contribution < 1.29 is 9.47 Å². The van der Waals surface area contributed by atoms with Gasteiger partial charge in [-0.25, -0.2) is 4.98 Å². The lowest BCUT2D eigenvalue weighted by molar-refractivity contribution is 0.394. The van der Waals surface area contributed by atoms with E-state index >= 15 is 0 Å². The molecule has 0 bridgehead atoms. The van der Waals surface area contributed by atoms with Crippen molar-refractivity contribution in [2.75, 3.05) is 14.2 Å². The maximum atomic E-state index is 12.2. The number of aromatic nitrogens is 2. The van der Waals surface area contributed by atoms with Crippen molar-refractivity contribution in [3.63, 3.8) is 0 Å². The predicted molar refractivity (Wildman–Crippen MR) is 82.2 cm³/mol. The molecule has 0 unspecified atom stereocenters. The van der Waals surface area contributed by atoms with Crippen LogP contribution >= 0.6 is 0 Å². The molecule has 0 spiro atoms. The number of H-pyrrole nitrogens is 1. The number of aryl methyl sites for hydroxylation is 1. The third-order valence-electron chi connectivity index (χ3n) is 3.35. The maximum absolute atomic E-state index is 12.2. The topological polar surface area (TPSA) is 64.2 Å². The summed E-state index contributed by atoms with van der Waals surface area (Å²) >= 11 is 0. The molecular weight excluding hydrogens is 268 g/mol. The van der Waals surface area contributed by atoms with Gasteiger partial charge in [0.2, 0.25) is 0 Å². The van der Waals surface area contributed by atoms with Crippen LogP contribution in [0.15, 0.2) is 23.0 Å². The summed E-state index contributed by atoms with van der Waals surface area (Å²) < 4.78 is 10.5. The van der Waals surface area contributed by atoms with Crippen molar-refractivity contribution in [3.05, 3.63) is 39.8 Å². The Kier molecular flexibility index (Phi) is 4.31. The van der Waals surface area contributed by atoms with Gasteiger partial charge in [-0.05, 0) is 25.0 Å². The lowest BCUT2D eigenvalue weighted by atomic mass is 10.0. The summed E-state index contributed by atoms with van der Waals surface area (Å²) in [5, 5.41) is 0. The van der Waals surface area contributed by atoms with Gasteiger partial charge in [0.05, 0.1) is 14.2 Å². The number of benzene rings is 1. The van der Waals surface area contributed by atoms with Crippen LogP contribution in [0.2, 0.25) is 0 Å². The van der Waals surface area contributed by atoms with E-state index in [1.165, 1.54) is 0 Å². The van der Waals surface area contributed by atoms with Gasteiger partial charge in [0.1, 0.15) is 17.3 Å². The highest BCUT2D eigenvalue weighted by molar-refractivity contribution is 5.61. The highest BCUT2D eigenvalue weighted by Gasteiger charge is 2.13. The molecule has 0 atom stereocenters. The largest absolute Gasteiger partial charge is 0.497 e. The average Bonchev–Trinajstić information content (AvgIpc) is 2.45. The zero-order valence-corrected chi connectivity index (χ0v) is 13.0. The summed E-state index contributed by atoms with van der Waals surface area (Å²) in [6.45, 7) is 5.81. The molecule has 0 saturated carbocycles. The summed E-state index contributed by atoms with van der Waals surface area (Å²) in [6.07, 6.45) is 0. The van der Waals surface area contributed by atoms with E-state index in [9.17, 15) is 4.79 Å². The molecule has 112 valence electrons. The van der Waals surface area contributed by atoms with Crippen LogP contribution in [0.3, 0.4) is 0 Å². The molecule has 2 rings (SSSR count). The van der Waals surface area contributed by atoms with E-state index in [2.05, 4.69) is 9.97 Å². The Bertz CT molecular complexity index is 683. The number of rotatable bonds is 4. The van der Waals surface area contributed by atoms with Gasteiger partial charge >= 0.3 is 0 Å². The van der Waals surface area contributed by atoms with E-state index in [1.54, 1.807) is 20.3 Å². The fourth-order valence-corrected chi connectivity index (χ4v) is 2.36. The summed E-state index contributed by atoms with van der Waals surface area (Å²) in [4.78, 5) is 19.6. The summed E-state index contributed by atoms with van der Waals surface area (Å²) in [7, 11) is 3.17. The lowest BCUT2D eigenvalue weighted by Crippen LogP contribution is -2.18. The van der Waals surface area contributed by atoms with Gasteiger partial charge in [0, 0.05) is 22.9 Å². The molecule has 5 heteroatoms. The molecule has 0 aliphatic rings. The van der Waals surface area contributed by atoms with Crippen molar-refractivity contribution >= 4 is 0 Å². The molecule has 2 aromatic rings. The molecular formula is C16H20N2O3.